The molecule has 31 heteroatoms. The molecule has 4 aliphatic rings. The first-order valence-corrected chi connectivity index (χ1v) is 32.3. The van der Waals surface area contributed by atoms with Crippen molar-refractivity contribution >= 4 is 86.5 Å². The van der Waals surface area contributed by atoms with Gasteiger partial charge in [-0.25, -0.2) is 20.0 Å². The van der Waals surface area contributed by atoms with E-state index < -0.39 is 116 Å². The van der Waals surface area contributed by atoms with Crippen LogP contribution in [0.15, 0.2) is 158 Å². The van der Waals surface area contributed by atoms with Gasteiger partial charge in [-0.2, -0.15) is 34.8 Å². The summed E-state index contributed by atoms with van der Waals surface area (Å²) < 4.78 is 154. The Balaban J connectivity index is 0.000000202. The van der Waals surface area contributed by atoms with Crippen LogP contribution in [0.5, 0.6) is 40.2 Å². The zero-order valence-corrected chi connectivity index (χ0v) is 54.1. The van der Waals surface area contributed by atoms with E-state index >= 15 is 26.3 Å². The van der Waals surface area contributed by atoms with Gasteiger partial charge in [0.2, 0.25) is 5.41 Å². The number of rotatable bonds is 22. The van der Waals surface area contributed by atoms with Gasteiger partial charge in [0.25, 0.3) is 57.4 Å². The second kappa shape index (κ2) is 27.7. The first kappa shape index (κ1) is 70.4. The van der Waals surface area contributed by atoms with Gasteiger partial charge in [-0.1, -0.05) is 34.9 Å². The number of benzene rings is 8. The fraction of sp³-hybridized carbons (Fsp3) is 0.188. The highest BCUT2D eigenvalue weighted by molar-refractivity contribution is 7.94. The minimum absolute atomic E-state index is 0.0220. The summed E-state index contributed by atoms with van der Waals surface area (Å²) in [7, 11) is -1.51. The van der Waals surface area contributed by atoms with Gasteiger partial charge < -0.3 is 23.7 Å². The highest BCUT2D eigenvalue weighted by Crippen LogP contribution is 2.58. The summed E-state index contributed by atoms with van der Waals surface area (Å²) in [5, 5.41) is 11.7. The Morgan fingerprint density at radius 1 is 0.460 bits per heavy atom. The number of fused-ring (bicyclic) bond motifs is 4. The predicted octanol–water partition coefficient (Wildman–Crippen LogP) is 13.1. The third-order valence-electron chi connectivity index (χ3n) is 16.3. The molecule has 0 atom stereocenters. The molecule has 0 bridgehead atoms. The topological polar surface area (TPSA) is 289 Å². The molecule has 4 aliphatic heterocycles. The van der Waals surface area contributed by atoms with Crippen LogP contribution in [0.1, 0.15) is 118 Å². The van der Waals surface area contributed by atoms with Gasteiger partial charge in [0.1, 0.15) is 40.2 Å². The summed E-state index contributed by atoms with van der Waals surface area (Å²) in [6, 6.07) is 34.8. The minimum Gasteiger partial charge on any atom is -0.497 e. The molecule has 8 amide bonds. The molecular weight excluding hydrogens is 1370 g/mol. The van der Waals surface area contributed by atoms with Gasteiger partial charge >= 0.3 is 12.4 Å². The van der Waals surface area contributed by atoms with Crippen molar-refractivity contribution in [2.75, 3.05) is 53.6 Å². The van der Waals surface area contributed by atoms with E-state index in [9.17, 15) is 46.8 Å². The van der Waals surface area contributed by atoms with Crippen molar-refractivity contribution in [2.24, 2.45) is 0 Å². The molecule has 2 N–H and O–H groups in total. The molecule has 23 nitrogen and oxygen atoms in total. The second-order valence-electron chi connectivity index (χ2n) is 22.6. The van der Waals surface area contributed by atoms with Crippen molar-refractivity contribution in [1.29, 1.82) is 0 Å². The normalized spacial score (nSPS) is 14.3. The monoisotopic (exact) mass is 1420 g/mol. The van der Waals surface area contributed by atoms with Crippen LogP contribution in [-0.4, -0.2) is 122 Å². The van der Waals surface area contributed by atoms with Crippen molar-refractivity contribution in [3.63, 3.8) is 0 Å². The van der Waals surface area contributed by atoms with Crippen LogP contribution in [0, 0.1) is 13.8 Å². The summed E-state index contributed by atoms with van der Waals surface area (Å²) in [6.45, 7) is 2.20. The molecule has 0 radical (unpaired) electrons. The minimum atomic E-state index is -6.05. The van der Waals surface area contributed by atoms with Crippen LogP contribution >= 0.6 is 12.0 Å². The van der Waals surface area contributed by atoms with Crippen molar-refractivity contribution in [3.8, 4) is 40.2 Å². The van der Waals surface area contributed by atoms with Crippen LogP contribution in [0.25, 0.3) is 0 Å². The average Bonchev–Trinajstić information content (AvgIpc) is 1.06. The van der Waals surface area contributed by atoms with Gasteiger partial charge in [-0.05, 0) is 177 Å². The number of aryl methyl sites for hydroxylation is 2. The molecule has 8 aromatic rings. The summed E-state index contributed by atoms with van der Waals surface area (Å²) in [6.07, 6.45) is -12.4. The van der Waals surface area contributed by atoms with Crippen molar-refractivity contribution in [1.82, 2.24) is 4.90 Å². The Hall–Kier alpha value is -11.0. The number of methoxy groups -OCH3 is 1. The van der Waals surface area contributed by atoms with E-state index in [0.717, 1.165) is 26.8 Å². The lowest BCUT2D eigenvalue weighted by atomic mass is 9.72. The first-order chi connectivity index (χ1) is 47.5. The standard InChI is InChI=1S/C38H23N3O9.C31H29F6NO10S2/c1-39-33(42)27-15-12-25(18-30(27)34(39)43)50-26-13-16-29-32(19-26)38(47)41(36(29)45)21-5-9-23(10-6-21)49-22-7-3-20(4-8-22)40-35(44)28-14-11-24(48-2)17-31(28)37(40)46;1-18-5-9-22-23(15-18)28(40)38(27(22)39)24-10-8-21(17-26(24)46-11-3-13-49-48-47-41)29(30(32,33)34,31(35,36)37)20-7-6-19(2)25(16-20)45-12-4-14-50(42,43)44/h3-19H,1-2H3;5-10,15-17,41H,3-4,11-14H2,1-2H3,(H,42,43,44). The number of carbonyl (C=O) groups is 8. The summed E-state index contributed by atoms with van der Waals surface area (Å²) in [4.78, 5) is 108. The molecule has 0 aromatic heterocycles. The first-order valence-electron chi connectivity index (χ1n) is 29.8. The maximum Gasteiger partial charge on any atom is 0.411 e. The number of hydrogen-bond donors (Lipinski definition) is 2. The van der Waals surface area contributed by atoms with Crippen LogP contribution in [0.3, 0.4) is 0 Å². The highest BCUT2D eigenvalue weighted by atomic mass is 32.2. The Kier molecular flexibility index (Phi) is 19.5. The molecule has 100 heavy (non-hydrogen) atoms. The lowest BCUT2D eigenvalue weighted by Crippen LogP contribution is -2.54. The third-order valence-corrected chi connectivity index (χ3v) is 17.8. The molecule has 0 saturated carbocycles. The molecule has 0 spiro atoms. The van der Waals surface area contributed by atoms with E-state index in [-0.39, 0.29) is 75.5 Å². The van der Waals surface area contributed by atoms with Gasteiger partial charge in [-0.15, -0.1) is 4.33 Å². The Morgan fingerprint density at radius 2 is 0.870 bits per heavy atom. The molecule has 12 rings (SSSR count). The van der Waals surface area contributed by atoms with Gasteiger partial charge in [0.05, 0.1) is 87.6 Å². The van der Waals surface area contributed by atoms with Gasteiger partial charge in [-0.3, -0.25) is 47.8 Å². The lowest BCUT2D eigenvalue weighted by molar-refractivity contribution is -0.432. The van der Waals surface area contributed by atoms with E-state index in [0.29, 0.717) is 86.7 Å². The zero-order valence-electron chi connectivity index (χ0n) is 52.5. The molecule has 516 valence electrons. The van der Waals surface area contributed by atoms with E-state index in [1.165, 1.54) is 63.5 Å². The van der Waals surface area contributed by atoms with Gasteiger partial charge in [0, 0.05) is 24.8 Å². The molecule has 0 fully saturated rings. The molecular formula is C69H52F6N4O19S2. The van der Waals surface area contributed by atoms with Crippen LogP contribution in [-0.2, 0) is 24.9 Å². The van der Waals surface area contributed by atoms with Crippen molar-refractivity contribution < 1.29 is 116 Å². The fourth-order valence-corrected chi connectivity index (χ4v) is 12.3. The van der Waals surface area contributed by atoms with E-state index in [1.54, 1.807) is 85.8 Å². The van der Waals surface area contributed by atoms with E-state index in [4.69, 9.17) is 33.5 Å². The quantitative estimate of drug-likeness (QED) is 0.0121. The maximum absolute atomic E-state index is 15.1. The number of anilines is 3. The number of halogens is 6. The number of alkyl halides is 6. The number of hydrogen-bond acceptors (Lipinski definition) is 19. The molecule has 0 unspecified atom stereocenters. The SMILES string of the molecule is COc1ccc2c(c1)C(=O)N(c1ccc(Oc3ccc(N4C(=O)c5ccc(Oc6ccc7c(c6)C(=O)N(C)C7=O)cc5C4=O)cc3)cc1)C2=O.Cc1ccc2c(c1)C(=O)N(c1ccc(C(c3ccc(C)c(OCCCS(=O)(=O)O)c3)(C(F)(F)F)C(F)(F)F)cc1OCCCSOOO)C2=O. The lowest BCUT2D eigenvalue weighted by Gasteiger charge is -2.39. The number of imide groups is 4. The van der Waals surface area contributed by atoms with E-state index in [1.807, 2.05) is 0 Å². The smallest absolute Gasteiger partial charge is 0.411 e. The Morgan fingerprint density at radius 3 is 1.40 bits per heavy atom. The number of ether oxygens (including phenoxy) is 5. The molecule has 4 heterocycles. The van der Waals surface area contributed by atoms with Crippen molar-refractivity contribution in [3.05, 3.63) is 224 Å². The summed E-state index contributed by atoms with van der Waals surface area (Å²) in [5.74, 6) is -4.34. The predicted molar refractivity (Wildman–Crippen MR) is 344 cm³/mol. The maximum atomic E-state index is 15.1. The Bertz CT molecular complexity index is 4790. The second-order valence-corrected chi connectivity index (χ2v) is 25.0. The molecule has 0 aliphatic carbocycles. The van der Waals surface area contributed by atoms with Crippen LogP contribution in [0.4, 0.5) is 43.4 Å². The van der Waals surface area contributed by atoms with Crippen LogP contribution in [0.2, 0.25) is 0 Å². The number of nitrogens with zero attached hydrogens (tertiary/aromatic N) is 4. The number of carbonyl (C=O) groups excluding carboxylic acids is 8. The fourth-order valence-electron chi connectivity index (χ4n) is 11.5. The van der Waals surface area contributed by atoms with Gasteiger partial charge in [0.15, 0.2) is 0 Å². The summed E-state index contributed by atoms with van der Waals surface area (Å²) in [5.41, 5.74) is -4.97. The highest BCUT2D eigenvalue weighted by Gasteiger charge is 2.73. The number of amides is 8. The average molecular weight is 1420 g/mol. The molecule has 8 aromatic carbocycles. The molecule has 0 saturated heterocycles. The van der Waals surface area contributed by atoms with Crippen molar-refractivity contribution in [2.45, 2.75) is 44.5 Å². The summed E-state index contributed by atoms with van der Waals surface area (Å²) >= 11 is 0.611. The third kappa shape index (κ3) is 13.4. The van der Waals surface area contributed by atoms with Crippen LogP contribution < -0.4 is 38.4 Å². The Labute approximate surface area is 567 Å². The van der Waals surface area contributed by atoms with E-state index in [2.05, 4.69) is 9.37 Å². The largest absolute Gasteiger partial charge is 0.497 e. The zero-order chi connectivity index (χ0) is 71.9.